The molecular formula is C29H50O2Si2. The Balaban J connectivity index is 1.49. The fraction of sp³-hybridized carbons (Fsp3) is 0.793. The first-order chi connectivity index (χ1) is 15.4. The SMILES string of the molecule is C=CC[Si](C)(C)O[C@H]1CC[C@@]2(C)C(=CC[C@H]3[C@@H]4CC[C@H](O[Si](C)(C)CC=C)[C@@]4(C)CC[C@@H]32)C1. The van der Waals surface area contributed by atoms with Gasteiger partial charge in [-0.3, -0.25) is 0 Å². The van der Waals surface area contributed by atoms with E-state index in [-0.39, 0.29) is 0 Å². The van der Waals surface area contributed by atoms with E-state index in [9.17, 15) is 0 Å². The Morgan fingerprint density at radius 1 is 0.909 bits per heavy atom. The standard InChI is InChI=1S/C29H50O2Si2/c1-9-19-32(5,6)30-23-15-17-28(3)22(21-23)11-12-24-25-13-14-27(31-33(7,8)20-10-2)29(25,4)18-16-26(24)28/h9-11,23-27H,1-2,12-21H2,3-8H3/t23-,24-,25-,26-,27-,28-,29-/m0/s1. The molecule has 4 heteroatoms. The summed E-state index contributed by atoms with van der Waals surface area (Å²) < 4.78 is 13.7. The van der Waals surface area contributed by atoms with Gasteiger partial charge in [-0.1, -0.05) is 37.6 Å². The van der Waals surface area contributed by atoms with Crippen molar-refractivity contribution in [2.45, 2.75) is 116 Å². The maximum atomic E-state index is 6.94. The Morgan fingerprint density at radius 3 is 2.24 bits per heavy atom. The number of hydrogen-bond acceptors (Lipinski definition) is 2. The van der Waals surface area contributed by atoms with Gasteiger partial charge in [-0.15, -0.1) is 13.2 Å². The molecule has 7 atom stereocenters. The molecule has 0 radical (unpaired) electrons. The molecule has 0 aromatic rings. The van der Waals surface area contributed by atoms with Crippen LogP contribution in [-0.4, -0.2) is 28.8 Å². The van der Waals surface area contributed by atoms with Crippen LogP contribution >= 0.6 is 0 Å². The molecule has 0 bridgehead atoms. The van der Waals surface area contributed by atoms with Crippen molar-refractivity contribution >= 4 is 16.6 Å². The van der Waals surface area contributed by atoms with Gasteiger partial charge in [-0.25, -0.2) is 0 Å². The average molecular weight is 487 g/mol. The summed E-state index contributed by atoms with van der Waals surface area (Å²) in [7, 11) is -3.29. The van der Waals surface area contributed by atoms with Crippen LogP contribution in [0, 0.1) is 28.6 Å². The summed E-state index contributed by atoms with van der Waals surface area (Å²) in [5.41, 5.74) is 2.50. The molecule has 0 unspecified atom stereocenters. The van der Waals surface area contributed by atoms with Crippen molar-refractivity contribution in [2.75, 3.05) is 0 Å². The van der Waals surface area contributed by atoms with Crippen LogP contribution in [0.25, 0.3) is 0 Å². The zero-order valence-corrected chi connectivity index (χ0v) is 24.4. The summed E-state index contributed by atoms with van der Waals surface area (Å²) in [6.07, 6.45) is 18.1. The molecule has 3 saturated carbocycles. The van der Waals surface area contributed by atoms with Crippen LogP contribution < -0.4 is 0 Å². The predicted molar refractivity (Wildman–Crippen MR) is 146 cm³/mol. The fourth-order valence-electron chi connectivity index (χ4n) is 8.50. The molecule has 4 aliphatic rings. The lowest BCUT2D eigenvalue weighted by atomic mass is 9.48. The zero-order chi connectivity index (χ0) is 24.1. The second-order valence-corrected chi connectivity index (χ2v) is 21.8. The van der Waals surface area contributed by atoms with Gasteiger partial charge in [0.25, 0.3) is 0 Å². The normalized spacial score (nSPS) is 40.9. The summed E-state index contributed by atoms with van der Waals surface area (Å²) in [4.78, 5) is 0. The van der Waals surface area contributed by atoms with Crippen molar-refractivity contribution in [1.29, 1.82) is 0 Å². The molecule has 4 rings (SSSR count). The molecule has 0 aromatic carbocycles. The monoisotopic (exact) mass is 486 g/mol. The average Bonchev–Trinajstić information content (AvgIpc) is 3.03. The van der Waals surface area contributed by atoms with E-state index in [1.165, 1.54) is 51.4 Å². The van der Waals surface area contributed by atoms with Crippen LogP contribution in [0.2, 0.25) is 38.3 Å². The van der Waals surface area contributed by atoms with E-state index in [0.717, 1.165) is 29.8 Å². The van der Waals surface area contributed by atoms with Crippen LogP contribution in [0.4, 0.5) is 0 Å². The van der Waals surface area contributed by atoms with Crippen LogP contribution in [0.5, 0.6) is 0 Å². The van der Waals surface area contributed by atoms with Gasteiger partial charge >= 0.3 is 0 Å². The van der Waals surface area contributed by atoms with Gasteiger partial charge < -0.3 is 8.85 Å². The molecule has 186 valence electrons. The van der Waals surface area contributed by atoms with Gasteiger partial charge in [-0.2, -0.15) is 0 Å². The highest BCUT2D eigenvalue weighted by atomic mass is 28.4. The molecule has 3 fully saturated rings. The highest BCUT2D eigenvalue weighted by Gasteiger charge is 2.59. The van der Waals surface area contributed by atoms with Gasteiger partial charge in [0, 0.05) is 6.10 Å². The Labute approximate surface area is 206 Å². The Hall–Kier alpha value is -0.426. The quantitative estimate of drug-likeness (QED) is 0.253. The van der Waals surface area contributed by atoms with Crippen molar-refractivity contribution < 1.29 is 8.85 Å². The summed E-state index contributed by atoms with van der Waals surface area (Å²) in [6, 6.07) is 2.12. The Morgan fingerprint density at radius 2 is 1.58 bits per heavy atom. The number of allylic oxidation sites excluding steroid dienone is 3. The first kappa shape index (κ1) is 25.7. The van der Waals surface area contributed by atoms with Gasteiger partial charge in [0.05, 0.1) is 6.10 Å². The maximum Gasteiger partial charge on any atom is 0.190 e. The topological polar surface area (TPSA) is 18.5 Å². The summed E-state index contributed by atoms with van der Waals surface area (Å²) in [5, 5.41) is 0. The third-order valence-electron chi connectivity index (χ3n) is 10.2. The third-order valence-corrected chi connectivity index (χ3v) is 14.6. The molecular weight excluding hydrogens is 436 g/mol. The number of fused-ring (bicyclic) bond motifs is 5. The van der Waals surface area contributed by atoms with Crippen molar-refractivity contribution in [3.05, 3.63) is 37.0 Å². The first-order valence-corrected chi connectivity index (χ1v) is 19.9. The van der Waals surface area contributed by atoms with Crippen LogP contribution in [0.3, 0.4) is 0 Å². The predicted octanol–water partition coefficient (Wildman–Crippen LogP) is 8.50. The molecule has 0 heterocycles. The van der Waals surface area contributed by atoms with E-state index in [2.05, 4.69) is 71.4 Å². The van der Waals surface area contributed by atoms with E-state index in [4.69, 9.17) is 8.85 Å². The minimum Gasteiger partial charge on any atom is -0.414 e. The van der Waals surface area contributed by atoms with Crippen LogP contribution in [0.1, 0.15) is 65.2 Å². The number of hydrogen-bond donors (Lipinski definition) is 0. The van der Waals surface area contributed by atoms with Gasteiger partial charge in [0.15, 0.2) is 16.6 Å². The van der Waals surface area contributed by atoms with E-state index < -0.39 is 16.6 Å². The van der Waals surface area contributed by atoms with E-state index in [0.29, 0.717) is 23.0 Å². The lowest BCUT2D eigenvalue weighted by molar-refractivity contribution is -0.0661. The van der Waals surface area contributed by atoms with Crippen LogP contribution in [0.15, 0.2) is 37.0 Å². The molecule has 0 spiro atoms. The number of rotatable bonds is 8. The van der Waals surface area contributed by atoms with Gasteiger partial charge in [0.2, 0.25) is 0 Å². The second kappa shape index (κ2) is 9.22. The maximum absolute atomic E-state index is 6.94. The fourth-order valence-corrected chi connectivity index (χ4v) is 12.3. The van der Waals surface area contributed by atoms with E-state index >= 15 is 0 Å². The lowest BCUT2D eigenvalue weighted by Crippen LogP contribution is -2.53. The van der Waals surface area contributed by atoms with Crippen molar-refractivity contribution in [3.63, 3.8) is 0 Å². The van der Waals surface area contributed by atoms with Gasteiger partial charge in [0.1, 0.15) is 0 Å². The Bertz CT molecular complexity index is 786. The second-order valence-electron chi connectivity index (χ2n) is 13.5. The Kier molecular flexibility index (Phi) is 7.17. The smallest absolute Gasteiger partial charge is 0.190 e. The summed E-state index contributed by atoms with van der Waals surface area (Å²) in [6.45, 7) is 22.6. The minimum atomic E-state index is -1.66. The zero-order valence-electron chi connectivity index (χ0n) is 22.4. The lowest BCUT2D eigenvalue weighted by Gasteiger charge is -2.58. The largest absolute Gasteiger partial charge is 0.414 e. The van der Waals surface area contributed by atoms with Crippen LogP contribution in [-0.2, 0) is 8.85 Å². The van der Waals surface area contributed by atoms with Gasteiger partial charge in [-0.05, 0) is 118 Å². The molecule has 4 aliphatic carbocycles. The molecule has 0 N–H and O–H groups in total. The van der Waals surface area contributed by atoms with Crippen molar-refractivity contribution in [3.8, 4) is 0 Å². The first-order valence-electron chi connectivity index (χ1n) is 13.7. The molecule has 33 heavy (non-hydrogen) atoms. The highest BCUT2D eigenvalue weighted by Crippen LogP contribution is 2.65. The summed E-state index contributed by atoms with van der Waals surface area (Å²) in [5.74, 6) is 2.53. The molecule has 2 nitrogen and oxygen atoms in total. The third kappa shape index (κ3) is 4.84. The van der Waals surface area contributed by atoms with Crippen molar-refractivity contribution in [1.82, 2.24) is 0 Å². The van der Waals surface area contributed by atoms with E-state index in [1.807, 2.05) is 0 Å². The molecule has 0 aliphatic heterocycles. The minimum absolute atomic E-state index is 0.370. The molecule has 0 saturated heterocycles. The molecule has 0 aromatic heterocycles. The molecule has 0 amide bonds. The van der Waals surface area contributed by atoms with Crippen molar-refractivity contribution in [2.24, 2.45) is 28.6 Å². The van der Waals surface area contributed by atoms with E-state index in [1.54, 1.807) is 5.57 Å². The summed E-state index contributed by atoms with van der Waals surface area (Å²) >= 11 is 0. The highest BCUT2D eigenvalue weighted by molar-refractivity contribution is 6.72.